The lowest BCUT2D eigenvalue weighted by molar-refractivity contribution is 0.112. The molecule has 0 aliphatic heterocycles. The number of aliphatic hydroxyl groups is 1. The molecule has 1 aromatic heterocycles. The molecule has 90 valence electrons. The molecule has 3 nitrogen and oxygen atoms in total. The summed E-state index contributed by atoms with van der Waals surface area (Å²) in [4.78, 5) is 4.45. The van der Waals surface area contributed by atoms with E-state index in [1.807, 2.05) is 32.9 Å². The fourth-order valence-corrected chi connectivity index (χ4v) is 1.79. The maximum absolute atomic E-state index is 9.72. The second-order valence-electron chi connectivity index (χ2n) is 4.30. The number of methoxy groups -OCH3 is 1. The largest absolute Gasteiger partial charge is 0.497 e. The quantitative estimate of drug-likeness (QED) is 0.833. The molecule has 3 heteroatoms. The van der Waals surface area contributed by atoms with Gasteiger partial charge in [-0.1, -0.05) is 13.8 Å². The Hall–Kier alpha value is -1.09. The zero-order valence-corrected chi connectivity index (χ0v) is 10.5. The molecule has 0 aliphatic rings. The number of hydrogen-bond donors (Lipinski definition) is 1. The summed E-state index contributed by atoms with van der Waals surface area (Å²) in [5, 5.41) is 9.72. The Bertz CT molecular complexity index is 339. The number of ether oxygens (including phenoxy) is 1. The van der Waals surface area contributed by atoms with Crippen LogP contribution in [0.3, 0.4) is 0 Å². The highest BCUT2D eigenvalue weighted by atomic mass is 16.5. The van der Waals surface area contributed by atoms with Gasteiger partial charge in [0.25, 0.3) is 0 Å². The van der Waals surface area contributed by atoms with Gasteiger partial charge >= 0.3 is 0 Å². The Morgan fingerprint density at radius 3 is 2.69 bits per heavy atom. The van der Waals surface area contributed by atoms with Crippen molar-refractivity contribution >= 4 is 0 Å². The molecule has 0 saturated carbocycles. The van der Waals surface area contributed by atoms with Gasteiger partial charge < -0.3 is 9.84 Å². The molecule has 1 aromatic rings. The molecule has 0 bridgehead atoms. The lowest BCUT2D eigenvalue weighted by Crippen LogP contribution is -2.19. The smallest absolute Gasteiger partial charge is 0.122 e. The van der Waals surface area contributed by atoms with E-state index in [1.165, 1.54) is 0 Å². The minimum absolute atomic E-state index is 0.226. The second kappa shape index (κ2) is 5.85. The summed E-state index contributed by atoms with van der Waals surface area (Å²) in [7, 11) is 1.66. The average molecular weight is 223 g/mol. The molecule has 2 unspecified atom stereocenters. The molecular formula is C13H21NO2. The minimum Gasteiger partial charge on any atom is -0.497 e. The Morgan fingerprint density at radius 1 is 1.44 bits per heavy atom. The summed E-state index contributed by atoms with van der Waals surface area (Å²) >= 11 is 0. The molecule has 16 heavy (non-hydrogen) atoms. The topological polar surface area (TPSA) is 42.4 Å². The van der Waals surface area contributed by atoms with Crippen LogP contribution in [0.15, 0.2) is 12.1 Å². The van der Waals surface area contributed by atoms with E-state index in [-0.39, 0.29) is 12.0 Å². The number of aryl methyl sites for hydroxylation is 1. The third-order valence-corrected chi connectivity index (χ3v) is 2.82. The summed E-state index contributed by atoms with van der Waals surface area (Å²) in [6.45, 7) is 5.99. The van der Waals surface area contributed by atoms with E-state index in [0.29, 0.717) is 0 Å². The van der Waals surface area contributed by atoms with Crippen molar-refractivity contribution in [2.24, 2.45) is 5.92 Å². The van der Waals surface area contributed by atoms with Gasteiger partial charge in [0.15, 0.2) is 0 Å². The van der Waals surface area contributed by atoms with Crippen LogP contribution in [0.25, 0.3) is 0 Å². The highest BCUT2D eigenvalue weighted by Gasteiger charge is 2.14. The fourth-order valence-electron chi connectivity index (χ4n) is 1.79. The van der Waals surface area contributed by atoms with Crippen LogP contribution in [-0.2, 0) is 6.42 Å². The van der Waals surface area contributed by atoms with E-state index in [4.69, 9.17) is 4.74 Å². The highest BCUT2D eigenvalue weighted by molar-refractivity contribution is 5.26. The Morgan fingerprint density at radius 2 is 2.12 bits per heavy atom. The van der Waals surface area contributed by atoms with Crippen molar-refractivity contribution in [1.29, 1.82) is 0 Å². The Kier molecular flexibility index (Phi) is 4.74. The van der Waals surface area contributed by atoms with Crippen LogP contribution in [0.4, 0.5) is 0 Å². The van der Waals surface area contributed by atoms with E-state index in [9.17, 15) is 5.11 Å². The van der Waals surface area contributed by atoms with Gasteiger partial charge in [0.05, 0.1) is 13.2 Å². The number of nitrogens with zero attached hydrogens (tertiary/aromatic N) is 1. The van der Waals surface area contributed by atoms with Gasteiger partial charge in [-0.05, 0) is 25.7 Å². The molecule has 1 rings (SSSR count). The molecule has 0 radical (unpaired) electrons. The fraction of sp³-hybridized carbons (Fsp3) is 0.615. The SMILES string of the molecule is CCC(O)C(C)Cc1cc(OC)cc(C)n1. The molecule has 0 saturated heterocycles. The molecule has 2 atom stereocenters. The van der Waals surface area contributed by atoms with Gasteiger partial charge in [0, 0.05) is 23.5 Å². The highest BCUT2D eigenvalue weighted by Crippen LogP contribution is 2.18. The third-order valence-electron chi connectivity index (χ3n) is 2.82. The van der Waals surface area contributed by atoms with Crippen LogP contribution in [-0.4, -0.2) is 23.3 Å². The number of hydrogen-bond acceptors (Lipinski definition) is 3. The lowest BCUT2D eigenvalue weighted by atomic mass is 9.97. The van der Waals surface area contributed by atoms with E-state index >= 15 is 0 Å². The Balaban J connectivity index is 2.76. The molecule has 0 spiro atoms. The van der Waals surface area contributed by atoms with E-state index in [0.717, 1.165) is 30.0 Å². The third kappa shape index (κ3) is 3.49. The van der Waals surface area contributed by atoms with Crippen LogP contribution in [0, 0.1) is 12.8 Å². The van der Waals surface area contributed by atoms with E-state index in [1.54, 1.807) is 7.11 Å². The zero-order chi connectivity index (χ0) is 12.1. The van der Waals surface area contributed by atoms with Crippen molar-refractivity contribution in [3.05, 3.63) is 23.5 Å². The van der Waals surface area contributed by atoms with E-state index < -0.39 is 0 Å². The predicted octanol–water partition coefficient (Wildman–Crippen LogP) is 2.35. The standard InChI is InChI=1S/C13H21NO2/c1-5-13(15)9(2)6-11-8-12(16-4)7-10(3)14-11/h7-9,13,15H,5-6H2,1-4H3. The van der Waals surface area contributed by atoms with Crippen molar-refractivity contribution in [3.8, 4) is 5.75 Å². The summed E-state index contributed by atoms with van der Waals surface area (Å²) in [5.74, 6) is 1.06. The van der Waals surface area contributed by atoms with Gasteiger partial charge in [-0.25, -0.2) is 0 Å². The molecule has 1 N–H and O–H groups in total. The molecule has 0 aliphatic carbocycles. The van der Waals surface area contributed by atoms with Crippen molar-refractivity contribution in [1.82, 2.24) is 4.98 Å². The molecular weight excluding hydrogens is 202 g/mol. The number of aromatic nitrogens is 1. The maximum atomic E-state index is 9.72. The van der Waals surface area contributed by atoms with Gasteiger partial charge in [-0.2, -0.15) is 0 Å². The van der Waals surface area contributed by atoms with Gasteiger partial charge in [0.2, 0.25) is 0 Å². The van der Waals surface area contributed by atoms with Gasteiger partial charge in [-0.15, -0.1) is 0 Å². The lowest BCUT2D eigenvalue weighted by Gasteiger charge is -2.17. The maximum Gasteiger partial charge on any atom is 0.122 e. The zero-order valence-electron chi connectivity index (χ0n) is 10.5. The van der Waals surface area contributed by atoms with Crippen molar-refractivity contribution in [3.63, 3.8) is 0 Å². The first-order chi connectivity index (χ1) is 7.56. The first-order valence-corrected chi connectivity index (χ1v) is 5.76. The monoisotopic (exact) mass is 223 g/mol. The summed E-state index contributed by atoms with van der Waals surface area (Å²) in [6.07, 6.45) is 1.31. The minimum atomic E-state index is -0.256. The van der Waals surface area contributed by atoms with Crippen LogP contribution in [0.5, 0.6) is 5.75 Å². The number of aliphatic hydroxyl groups excluding tert-OH is 1. The van der Waals surface area contributed by atoms with Crippen LogP contribution < -0.4 is 4.74 Å². The normalized spacial score (nSPS) is 14.6. The number of pyridine rings is 1. The van der Waals surface area contributed by atoms with Gasteiger partial charge in [-0.3, -0.25) is 4.98 Å². The second-order valence-corrected chi connectivity index (χ2v) is 4.30. The molecule has 1 heterocycles. The van der Waals surface area contributed by atoms with Crippen molar-refractivity contribution in [2.75, 3.05) is 7.11 Å². The van der Waals surface area contributed by atoms with Crippen molar-refractivity contribution < 1.29 is 9.84 Å². The molecule has 0 aromatic carbocycles. The summed E-state index contributed by atoms with van der Waals surface area (Å²) < 4.78 is 5.20. The van der Waals surface area contributed by atoms with Crippen molar-refractivity contribution in [2.45, 2.75) is 39.7 Å². The van der Waals surface area contributed by atoms with Crippen LogP contribution in [0.2, 0.25) is 0 Å². The summed E-state index contributed by atoms with van der Waals surface area (Å²) in [5.41, 5.74) is 1.93. The first kappa shape index (κ1) is 13.0. The van der Waals surface area contributed by atoms with Gasteiger partial charge in [0.1, 0.15) is 5.75 Å². The van der Waals surface area contributed by atoms with Crippen LogP contribution in [0.1, 0.15) is 31.7 Å². The number of rotatable bonds is 5. The van der Waals surface area contributed by atoms with Crippen LogP contribution >= 0.6 is 0 Å². The predicted molar refractivity (Wildman–Crippen MR) is 64.7 cm³/mol. The first-order valence-electron chi connectivity index (χ1n) is 5.76. The molecule has 0 fully saturated rings. The average Bonchev–Trinajstić information content (AvgIpc) is 2.26. The summed E-state index contributed by atoms with van der Waals surface area (Å²) in [6, 6.07) is 3.84. The molecule has 0 amide bonds. The van der Waals surface area contributed by atoms with E-state index in [2.05, 4.69) is 4.98 Å². The Labute approximate surface area is 97.5 Å².